The van der Waals surface area contributed by atoms with Gasteiger partial charge in [-0.1, -0.05) is 170 Å². The summed E-state index contributed by atoms with van der Waals surface area (Å²) in [6.45, 7) is 31.2. The zero-order valence-electron chi connectivity index (χ0n) is 49.0. The van der Waals surface area contributed by atoms with Gasteiger partial charge in [-0.2, -0.15) is 0 Å². The van der Waals surface area contributed by atoms with Crippen molar-refractivity contribution in [2.75, 3.05) is 0 Å². The zero-order valence-corrected chi connectivity index (χ0v) is 49.8. The maximum absolute atomic E-state index is 12.4. The zero-order chi connectivity index (χ0) is 57.0. The fourth-order valence-electron chi connectivity index (χ4n) is 12.2. The highest BCUT2D eigenvalue weighted by Crippen LogP contribution is 2.47. The highest BCUT2D eigenvalue weighted by molar-refractivity contribution is 7.71. The number of aryl methyl sites for hydroxylation is 4. The van der Waals surface area contributed by atoms with Crippen LogP contribution in [0.2, 0.25) is 0 Å². The molecule has 0 aliphatic heterocycles. The first-order valence-electron chi connectivity index (χ1n) is 26.9. The average molecular weight is 1070 g/mol. The van der Waals surface area contributed by atoms with Crippen LogP contribution in [0.25, 0.3) is 55.5 Å². The van der Waals surface area contributed by atoms with Gasteiger partial charge in [0.15, 0.2) is 4.77 Å². The summed E-state index contributed by atoms with van der Waals surface area (Å²) in [5.74, 6) is 0.360. The Hall–Kier alpha value is -7.32. The second kappa shape index (κ2) is 19.2. The molecular formula is C64H78N10O3S. The van der Waals surface area contributed by atoms with E-state index in [0.29, 0.717) is 22.4 Å². The lowest BCUT2D eigenvalue weighted by Gasteiger charge is -2.35. The summed E-state index contributed by atoms with van der Waals surface area (Å²) in [5.41, 5.74) is 12.7. The van der Waals surface area contributed by atoms with Crippen LogP contribution >= 0.6 is 12.2 Å². The summed E-state index contributed by atoms with van der Waals surface area (Å²) in [4.78, 5) is 15.6. The minimum absolute atomic E-state index is 0.0928. The van der Waals surface area contributed by atoms with Crippen molar-refractivity contribution in [2.45, 2.75) is 131 Å². The van der Waals surface area contributed by atoms with Crippen molar-refractivity contribution in [1.82, 2.24) is 48.3 Å². The van der Waals surface area contributed by atoms with Crippen LogP contribution in [0.15, 0.2) is 114 Å². The van der Waals surface area contributed by atoms with E-state index in [-0.39, 0.29) is 38.8 Å². The Morgan fingerprint density at radius 3 is 1.01 bits per heavy atom. The number of benzene rings is 6. The first-order chi connectivity index (χ1) is 36.2. The molecule has 10 rings (SSSR count). The third kappa shape index (κ3) is 10.1. The number of aromatic nitrogens is 10. The van der Waals surface area contributed by atoms with Crippen molar-refractivity contribution in [3.63, 3.8) is 0 Å². The fourth-order valence-corrected chi connectivity index (χ4v) is 12.4. The number of fused-ring (bicyclic) bond motifs is 4. The summed E-state index contributed by atoms with van der Waals surface area (Å²) < 4.78 is 7.93. The fraction of sp³-hybridized carbons (Fsp3) is 0.406. The third-order valence-electron chi connectivity index (χ3n) is 16.0. The molecule has 10 aromatic rings. The van der Waals surface area contributed by atoms with Crippen molar-refractivity contribution in [3.05, 3.63) is 158 Å². The molecule has 0 amide bonds. The van der Waals surface area contributed by atoms with E-state index in [1.807, 2.05) is 90.0 Å². The van der Waals surface area contributed by atoms with E-state index in [2.05, 4.69) is 139 Å². The Morgan fingerprint density at radius 2 is 0.718 bits per heavy atom. The van der Waals surface area contributed by atoms with Crippen LogP contribution in [0.5, 0.6) is 11.5 Å². The molecule has 4 aromatic heterocycles. The van der Waals surface area contributed by atoms with Gasteiger partial charge in [0.1, 0.15) is 44.9 Å². The van der Waals surface area contributed by atoms with Gasteiger partial charge in [-0.15, -0.1) is 30.0 Å². The number of hydrogen-bond donors (Lipinski definition) is 2. The number of imidazole rings is 2. The molecule has 4 heterocycles. The molecule has 0 saturated heterocycles. The van der Waals surface area contributed by atoms with Crippen LogP contribution in [0, 0.1) is 15.6 Å². The normalized spacial score (nSPS) is 13.1. The number of aromatic hydroxyl groups is 2. The Labute approximate surface area is 463 Å². The van der Waals surface area contributed by atoms with Crippen molar-refractivity contribution in [3.8, 4) is 22.9 Å². The van der Waals surface area contributed by atoms with E-state index in [0.717, 1.165) is 84.1 Å². The SMILES string of the molecule is Cn1c(=O)n(C)c2cc3nn(-c4cc(C(C)(C)CC(C)(C)C)cc(C(C)(C)c5ccccc5)c4O)nc3cc21.Cn1c(=S)n(C)c2cc3nn(-c4cc(C(C)(C)CC(C)(C)C)cc(C(C)(C)c5ccccc5)c4O)nc3cc21. The molecule has 0 radical (unpaired) electrons. The standard InChI is InChI=1S/C32H39N5O2.C32H39N5OS/c2*1-30(2,3)19-31(4,5)21-15-22(32(6,7)20-13-11-10-12-14-20)28(38)27(16-21)37-33-23-17-25-26(18-24(23)34-37)36(9)29(39)35(25)8/h2*10-18,38H,19H2,1-9H3. The Balaban J connectivity index is 0.000000190. The summed E-state index contributed by atoms with van der Waals surface area (Å²) >= 11 is 5.55. The van der Waals surface area contributed by atoms with Gasteiger partial charge in [0.25, 0.3) is 0 Å². The van der Waals surface area contributed by atoms with E-state index < -0.39 is 10.8 Å². The Kier molecular flexibility index (Phi) is 13.7. The van der Waals surface area contributed by atoms with E-state index in [4.69, 9.17) is 32.6 Å². The smallest absolute Gasteiger partial charge is 0.328 e. The van der Waals surface area contributed by atoms with Crippen molar-refractivity contribution in [1.29, 1.82) is 0 Å². The van der Waals surface area contributed by atoms with Crippen LogP contribution in [0.1, 0.15) is 143 Å². The molecule has 0 atom stereocenters. The largest absolute Gasteiger partial charge is 0.505 e. The van der Waals surface area contributed by atoms with Crippen molar-refractivity contribution < 1.29 is 10.2 Å². The van der Waals surface area contributed by atoms with Crippen LogP contribution in [-0.4, -0.2) is 58.5 Å². The second-order valence-electron chi connectivity index (χ2n) is 26.4. The molecule has 0 fully saturated rings. The molecule has 0 saturated carbocycles. The van der Waals surface area contributed by atoms with Gasteiger partial charge in [0.2, 0.25) is 0 Å². The number of hydrogen-bond acceptors (Lipinski definition) is 8. The van der Waals surface area contributed by atoms with Crippen molar-refractivity contribution in [2.24, 2.45) is 39.0 Å². The van der Waals surface area contributed by atoms with Crippen LogP contribution < -0.4 is 5.69 Å². The topological polar surface area (TPSA) is 139 Å². The minimum atomic E-state index is -0.465. The molecular weight excluding hydrogens is 989 g/mol. The molecule has 0 spiro atoms. The van der Waals surface area contributed by atoms with E-state index in [1.54, 1.807) is 28.0 Å². The van der Waals surface area contributed by atoms with Gasteiger partial charge in [-0.25, -0.2) is 4.79 Å². The Bertz CT molecular complexity index is 3670. The quantitative estimate of drug-likeness (QED) is 0.129. The van der Waals surface area contributed by atoms with E-state index in [1.165, 1.54) is 4.80 Å². The molecule has 0 bridgehead atoms. The number of phenolic OH excluding ortho intramolecular Hbond substituents is 2. The molecule has 408 valence electrons. The van der Waals surface area contributed by atoms with Gasteiger partial charge in [0, 0.05) is 50.1 Å². The molecule has 0 aliphatic carbocycles. The summed E-state index contributed by atoms with van der Waals surface area (Å²) in [7, 11) is 7.44. The van der Waals surface area contributed by atoms with Gasteiger partial charge in [0.05, 0.1) is 22.1 Å². The van der Waals surface area contributed by atoms with Crippen LogP contribution in [0.4, 0.5) is 0 Å². The third-order valence-corrected chi connectivity index (χ3v) is 16.5. The van der Waals surface area contributed by atoms with Crippen LogP contribution in [-0.2, 0) is 49.9 Å². The lowest BCUT2D eigenvalue weighted by atomic mass is 9.70. The molecule has 13 nitrogen and oxygen atoms in total. The summed E-state index contributed by atoms with van der Waals surface area (Å²) in [6.07, 6.45) is 1.94. The summed E-state index contributed by atoms with van der Waals surface area (Å²) in [5, 5.41) is 42.9. The first-order valence-corrected chi connectivity index (χ1v) is 27.3. The van der Waals surface area contributed by atoms with Gasteiger partial charge < -0.3 is 19.3 Å². The molecule has 14 heteroatoms. The van der Waals surface area contributed by atoms with Crippen molar-refractivity contribution >= 4 is 56.4 Å². The molecule has 0 aliphatic rings. The molecule has 6 aromatic carbocycles. The minimum Gasteiger partial charge on any atom is -0.505 e. The number of nitrogens with zero attached hydrogens (tertiary/aromatic N) is 10. The maximum atomic E-state index is 12.4. The average Bonchev–Trinajstić information content (AvgIpc) is 4.10. The lowest BCUT2D eigenvalue weighted by molar-refractivity contribution is 0.283. The molecule has 0 unspecified atom stereocenters. The molecule has 78 heavy (non-hydrogen) atoms. The predicted octanol–water partition coefficient (Wildman–Crippen LogP) is 14.1. The number of phenols is 2. The van der Waals surface area contributed by atoms with E-state index in [9.17, 15) is 15.0 Å². The van der Waals surface area contributed by atoms with E-state index >= 15 is 0 Å². The Morgan fingerprint density at radius 1 is 0.423 bits per heavy atom. The van der Waals surface area contributed by atoms with Gasteiger partial charge in [-0.05, 0) is 105 Å². The second-order valence-corrected chi connectivity index (χ2v) is 26.8. The lowest BCUT2D eigenvalue weighted by Crippen LogP contribution is -2.27. The highest BCUT2D eigenvalue weighted by atomic mass is 32.1. The predicted molar refractivity (Wildman–Crippen MR) is 320 cm³/mol. The van der Waals surface area contributed by atoms with Crippen LogP contribution in [0.3, 0.4) is 0 Å². The first kappa shape index (κ1) is 55.4. The monoisotopic (exact) mass is 1070 g/mol. The highest BCUT2D eigenvalue weighted by Gasteiger charge is 2.36. The molecule has 2 N–H and O–H groups in total. The van der Waals surface area contributed by atoms with Gasteiger partial charge >= 0.3 is 5.69 Å². The maximum Gasteiger partial charge on any atom is 0.328 e. The summed E-state index contributed by atoms with van der Waals surface area (Å²) in [6, 6.07) is 36.8. The number of rotatable bonds is 10. The van der Waals surface area contributed by atoms with Gasteiger partial charge in [-0.3, -0.25) is 9.13 Å².